The molecule has 0 aliphatic carbocycles. The number of aliphatic hydroxyl groups excluding tert-OH is 1. The Hall–Kier alpha value is 0.772. The van der Waals surface area contributed by atoms with Crippen LogP contribution < -0.4 is 0 Å². The van der Waals surface area contributed by atoms with Crippen molar-refractivity contribution in [1.82, 2.24) is 0 Å². The Balaban J connectivity index is 0.000001000. The molecular formula is C7H8AcO2S. The predicted octanol–water partition coefficient (Wildman–Crippen LogP) is 1.43. The molecule has 1 aromatic rings. The van der Waals surface area contributed by atoms with Crippen LogP contribution >= 0.6 is 11.8 Å². The third kappa shape index (κ3) is 4.37. The van der Waals surface area contributed by atoms with Crippen LogP contribution in [0, 0.1) is 44.1 Å². The van der Waals surface area contributed by atoms with Gasteiger partial charge in [0.25, 0.3) is 0 Å². The fourth-order valence-corrected chi connectivity index (χ4v) is 1.09. The van der Waals surface area contributed by atoms with Crippen molar-refractivity contribution in [2.45, 2.75) is 4.90 Å². The summed E-state index contributed by atoms with van der Waals surface area (Å²) in [5, 5.41) is 17.3. The minimum absolute atomic E-state index is 0. The van der Waals surface area contributed by atoms with Crippen molar-refractivity contribution < 1.29 is 54.3 Å². The summed E-state index contributed by atoms with van der Waals surface area (Å²) >= 11 is 1.33. The molecule has 0 amide bonds. The molecule has 1 aromatic carbocycles. The smallest absolute Gasteiger partial charge is 0.115 e. The molecule has 4 heteroatoms. The molecule has 0 aromatic heterocycles. The molecule has 57 valence electrons. The zero-order valence-corrected chi connectivity index (χ0v) is 11.5. The first-order valence-electron chi connectivity index (χ1n) is 2.85. The summed E-state index contributed by atoms with van der Waals surface area (Å²) in [6, 6.07) is 6.71. The van der Waals surface area contributed by atoms with Gasteiger partial charge in [0.1, 0.15) is 5.75 Å². The topological polar surface area (TPSA) is 40.5 Å². The van der Waals surface area contributed by atoms with E-state index < -0.39 is 0 Å². The summed E-state index contributed by atoms with van der Waals surface area (Å²) in [5.41, 5.74) is 0. The van der Waals surface area contributed by atoms with Gasteiger partial charge in [0.05, 0.1) is 5.94 Å². The normalized spacial score (nSPS) is 8.82. The molecule has 0 fully saturated rings. The average molecular weight is 383 g/mol. The van der Waals surface area contributed by atoms with Crippen molar-refractivity contribution in [3.05, 3.63) is 24.3 Å². The van der Waals surface area contributed by atoms with E-state index in [-0.39, 0.29) is 55.8 Å². The van der Waals surface area contributed by atoms with Gasteiger partial charge in [0, 0.05) is 49.0 Å². The van der Waals surface area contributed by atoms with Crippen molar-refractivity contribution in [3.8, 4) is 5.75 Å². The number of rotatable bonds is 2. The second kappa shape index (κ2) is 6.31. The van der Waals surface area contributed by atoms with Crippen LogP contribution in [-0.2, 0) is 0 Å². The van der Waals surface area contributed by atoms with Crippen LogP contribution in [0.3, 0.4) is 0 Å². The van der Waals surface area contributed by atoms with Gasteiger partial charge >= 0.3 is 0 Å². The predicted molar refractivity (Wildman–Crippen MR) is 41.0 cm³/mol. The summed E-state index contributed by atoms with van der Waals surface area (Å²) in [5.74, 6) is 0.326. The van der Waals surface area contributed by atoms with Crippen molar-refractivity contribution in [1.29, 1.82) is 0 Å². The molecule has 0 bridgehead atoms. The fourth-order valence-electron chi connectivity index (χ4n) is 0.617. The van der Waals surface area contributed by atoms with Gasteiger partial charge in [0.2, 0.25) is 0 Å². The molecule has 0 saturated heterocycles. The van der Waals surface area contributed by atoms with Crippen molar-refractivity contribution in [2.24, 2.45) is 0 Å². The maximum absolute atomic E-state index is 8.85. The second-order valence-electron chi connectivity index (χ2n) is 1.77. The quantitative estimate of drug-likeness (QED) is 0.600. The number of aliphatic hydroxyl groups is 1. The van der Waals surface area contributed by atoms with Crippen molar-refractivity contribution in [2.75, 3.05) is 5.94 Å². The number of phenolic OH excluding ortho intramolecular Hbond substituents is 1. The third-order valence-corrected chi connectivity index (χ3v) is 1.80. The maximum atomic E-state index is 8.85. The van der Waals surface area contributed by atoms with Crippen LogP contribution in [0.1, 0.15) is 0 Å². The Kier molecular flexibility index (Phi) is 6.75. The molecule has 0 unspecified atom stereocenters. The maximum Gasteiger partial charge on any atom is 0.115 e. The first-order valence-corrected chi connectivity index (χ1v) is 3.84. The molecule has 0 aliphatic rings. The first-order chi connectivity index (χ1) is 4.83. The van der Waals surface area contributed by atoms with Gasteiger partial charge in [-0.15, -0.1) is 0 Å². The molecule has 1 radical (unpaired) electrons. The van der Waals surface area contributed by atoms with E-state index in [1.165, 1.54) is 11.8 Å². The Morgan fingerprint density at radius 2 is 1.73 bits per heavy atom. The van der Waals surface area contributed by atoms with E-state index in [2.05, 4.69) is 0 Å². The Morgan fingerprint density at radius 3 is 2.18 bits per heavy atom. The summed E-state index contributed by atoms with van der Waals surface area (Å²) in [6.45, 7) is 0. The zero-order valence-electron chi connectivity index (χ0n) is 5.90. The van der Waals surface area contributed by atoms with Gasteiger partial charge < -0.3 is 10.2 Å². The van der Waals surface area contributed by atoms with E-state index >= 15 is 0 Å². The second-order valence-corrected chi connectivity index (χ2v) is 2.79. The molecule has 2 N–H and O–H groups in total. The minimum atomic E-state index is 0. The van der Waals surface area contributed by atoms with E-state index in [0.29, 0.717) is 0 Å². The van der Waals surface area contributed by atoms with Crippen LogP contribution in [-0.4, -0.2) is 16.2 Å². The van der Waals surface area contributed by atoms with E-state index in [4.69, 9.17) is 10.2 Å². The van der Waals surface area contributed by atoms with Crippen LogP contribution in [0.2, 0.25) is 0 Å². The van der Waals surface area contributed by atoms with Crippen molar-refractivity contribution in [3.63, 3.8) is 0 Å². The molecular weight excluding hydrogens is 375 g/mol. The number of hydrogen-bond donors (Lipinski definition) is 2. The van der Waals surface area contributed by atoms with Crippen LogP contribution in [0.4, 0.5) is 0 Å². The van der Waals surface area contributed by atoms with Crippen LogP contribution in [0.25, 0.3) is 0 Å². The molecule has 0 aliphatic heterocycles. The van der Waals surface area contributed by atoms with Crippen LogP contribution in [0.15, 0.2) is 29.2 Å². The Morgan fingerprint density at radius 1 is 1.18 bits per heavy atom. The summed E-state index contributed by atoms with van der Waals surface area (Å²) < 4.78 is 0. The molecule has 0 saturated carbocycles. The fraction of sp³-hybridized carbons (Fsp3) is 0.143. The third-order valence-electron chi connectivity index (χ3n) is 1.07. The SMILES string of the molecule is OCSc1ccc(O)cc1.[Ac]. The van der Waals surface area contributed by atoms with E-state index in [1.807, 2.05) is 0 Å². The summed E-state index contributed by atoms with van der Waals surface area (Å²) in [6.07, 6.45) is 0. The Bertz CT molecular complexity index is 200. The minimum Gasteiger partial charge on any atom is -0.508 e. The molecule has 0 atom stereocenters. The average Bonchev–Trinajstić information content (AvgIpc) is 1.95. The largest absolute Gasteiger partial charge is 0.508 e. The molecule has 2 nitrogen and oxygen atoms in total. The summed E-state index contributed by atoms with van der Waals surface area (Å²) in [4.78, 5) is 0.959. The number of benzene rings is 1. The number of thioether (sulfide) groups is 1. The van der Waals surface area contributed by atoms with Gasteiger partial charge in [-0.05, 0) is 24.3 Å². The van der Waals surface area contributed by atoms with E-state index in [1.54, 1.807) is 24.3 Å². The van der Waals surface area contributed by atoms with Gasteiger partial charge in [-0.3, -0.25) is 0 Å². The molecule has 1 rings (SSSR count). The zero-order chi connectivity index (χ0) is 7.40. The first kappa shape index (κ1) is 11.8. The molecule has 0 spiro atoms. The van der Waals surface area contributed by atoms with Gasteiger partial charge in [0.15, 0.2) is 0 Å². The molecule has 0 heterocycles. The standard InChI is InChI=1S/C7H8O2S.Ac/c8-5-10-7-3-1-6(9)2-4-7;/h1-4,8-9H,5H2;. The summed E-state index contributed by atoms with van der Waals surface area (Å²) in [7, 11) is 0. The van der Waals surface area contributed by atoms with Crippen LogP contribution in [0.5, 0.6) is 5.75 Å². The number of phenols is 1. The van der Waals surface area contributed by atoms with Gasteiger partial charge in [-0.2, -0.15) is 0 Å². The van der Waals surface area contributed by atoms with Crippen molar-refractivity contribution >= 4 is 11.8 Å². The Labute approximate surface area is 106 Å². The number of aromatic hydroxyl groups is 1. The number of hydrogen-bond acceptors (Lipinski definition) is 3. The van der Waals surface area contributed by atoms with Gasteiger partial charge in [-0.1, -0.05) is 11.8 Å². The van der Waals surface area contributed by atoms with E-state index in [0.717, 1.165) is 4.90 Å². The van der Waals surface area contributed by atoms with Gasteiger partial charge in [-0.25, -0.2) is 0 Å². The molecule has 11 heavy (non-hydrogen) atoms. The van der Waals surface area contributed by atoms with E-state index in [9.17, 15) is 0 Å². The monoisotopic (exact) mass is 383 g/mol.